The van der Waals surface area contributed by atoms with Gasteiger partial charge in [0.2, 0.25) is 5.91 Å². The van der Waals surface area contributed by atoms with E-state index in [0.717, 1.165) is 28.4 Å². The molecule has 0 bridgehead atoms. The summed E-state index contributed by atoms with van der Waals surface area (Å²) in [5.41, 5.74) is 3.48. The number of methoxy groups -OCH3 is 3. The maximum Gasteiger partial charge on any atom is 0.341 e. The third-order valence-electron chi connectivity index (χ3n) is 7.14. The fraction of sp³-hybridized carbons (Fsp3) is 0.242. The number of rotatable bonds is 11. The maximum absolute atomic E-state index is 13.1. The number of carbonyl (C=O) groups is 3. The molecule has 0 saturated heterocycles. The van der Waals surface area contributed by atoms with Crippen molar-refractivity contribution in [2.75, 3.05) is 44.3 Å². The smallest absolute Gasteiger partial charge is 0.341 e. The van der Waals surface area contributed by atoms with Gasteiger partial charge in [0.15, 0.2) is 0 Å². The molecule has 228 valence electrons. The molecule has 11 heteroatoms. The number of esters is 1. The molecule has 2 amide bonds. The Labute approximate surface area is 264 Å². The summed E-state index contributed by atoms with van der Waals surface area (Å²) in [5.74, 6) is -0.158. The first-order chi connectivity index (χ1) is 21.4. The van der Waals surface area contributed by atoms with Crippen molar-refractivity contribution in [3.63, 3.8) is 0 Å². The topological polar surface area (TPSA) is 106 Å². The first kappa shape index (κ1) is 31.1. The fourth-order valence-electron chi connectivity index (χ4n) is 5.08. The number of nitrogens with zero attached hydrogens (tertiary/aromatic N) is 1. The lowest BCUT2D eigenvalue weighted by Gasteiger charge is -2.27. The van der Waals surface area contributed by atoms with Crippen molar-refractivity contribution in [3.05, 3.63) is 99.9 Å². The molecule has 1 aromatic heterocycles. The number of benzene rings is 3. The van der Waals surface area contributed by atoms with Crippen LogP contribution in [-0.2, 0) is 29.0 Å². The third kappa shape index (κ3) is 7.24. The SMILES string of the molecule is COC(=O)c1c(NC(=O)CSc2cccc(NC(=O)c3c(OC)cccc3OC)c2)sc2c1CCN(Cc1ccccc1)C2. The van der Waals surface area contributed by atoms with Crippen LogP contribution in [0.5, 0.6) is 11.5 Å². The first-order valence-electron chi connectivity index (χ1n) is 13.9. The molecule has 0 radical (unpaired) electrons. The summed E-state index contributed by atoms with van der Waals surface area (Å²) in [6.45, 7) is 2.32. The predicted octanol–water partition coefficient (Wildman–Crippen LogP) is 6.09. The van der Waals surface area contributed by atoms with E-state index in [9.17, 15) is 14.4 Å². The highest BCUT2D eigenvalue weighted by molar-refractivity contribution is 8.00. The van der Waals surface area contributed by atoms with Gasteiger partial charge in [0.1, 0.15) is 22.1 Å². The molecule has 3 aromatic carbocycles. The van der Waals surface area contributed by atoms with E-state index < -0.39 is 5.97 Å². The van der Waals surface area contributed by atoms with Gasteiger partial charge >= 0.3 is 5.97 Å². The van der Waals surface area contributed by atoms with Crippen LogP contribution in [0.4, 0.5) is 10.7 Å². The van der Waals surface area contributed by atoms with Gasteiger partial charge in [0, 0.05) is 35.1 Å². The molecule has 1 aliphatic heterocycles. The molecule has 0 saturated carbocycles. The minimum atomic E-state index is -0.447. The zero-order valence-corrected chi connectivity index (χ0v) is 26.3. The fourth-order valence-corrected chi connectivity index (χ4v) is 7.13. The Morgan fingerprint density at radius 1 is 0.886 bits per heavy atom. The van der Waals surface area contributed by atoms with Crippen molar-refractivity contribution in [1.29, 1.82) is 0 Å². The second kappa shape index (κ2) is 14.4. The van der Waals surface area contributed by atoms with Gasteiger partial charge in [-0.05, 0) is 47.9 Å². The van der Waals surface area contributed by atoms with E-state index in [-0.39, 0.29) is 23.1 Å². The van der Waals surface area contributed by atoms with Crippen molar-refractivity contribution >= 4 is 51.6 Å². The molecule has 2 N–H and O–H groups in total. The Hall–Kier alpha value is -4.32. The highest BCUT2D eigenvalue weighted by Gasteiger charge is 2.29. The van der Waals surface area contributed by atoms with Crippen LogP contribution in [0.3, 0.4) is 0 Å². The number of anilines is 2. The highest BCUT2D eigenvalue weighted by Crippen LogP contribution is 2.38. The van der Waals surface area contributed by atoms with Crippen LogP contribution in [0.1, 0.15) is 36.7 Å². The van der Waals surface area contributed by atoms with Gasteiger partial charge in [0.05, 0.1) is 32.6 Å². The maximum atomic E-state index is 13.1. The lowest BCUT2D eigenvalue weighted by atomic mass is 10.0. The van der Waals surface area contributed by atoms with Crippen LogP contribution in [0.15, 0.2) is 77.7 Å². The van der Waals surface area contributed by atoms with Gasteiger partial charge in [-0.1, -0.05) is 42.5 Å². The third-order valence-corrected chi connectivity index (χ3v) is 9.27. The Morgan fingerprint density at radius 2 is 1.61 bits per heavy atom. The summed E-state index contributed by atoms with van der Waals surface area (Å²) in [4.78, 5) is 43.1. The van der Waals surface area contributed by atoms with Crippen molar-refractivity contribution in [1.82, 2.24) is 4.90 Å². The lowest BCUT2D eigenvalue weighted by Crippen LogP contribution is -2.29. The number of hydrogen-bond donors (Lipinski definition) is 2. The van der Waals surface area contributed by atoms with Gasteiger partial charge in [-0.25, -0.2) is 4.79 Å². The highest BCUT2D eigenvalue weighted by atomic mass is 32.2. The van der Waals surface area contributed by atoms with Crippen LogP contribution in [0.25, 0.3) is 0 Å². The number of fused-ring (bicyclic) bond motifs is 1. The monoisotopic (exact) mass is 631 g/mol. The molecule has 4 aromatic rings. The quantitative estimate of drug-likeness (QED) is 0.151. The molecule has 0 spiro atoms. The van der Waals surface area contributed by atoms with E-state index in [1.807, 2.05) is 24.3 Å². The average molecular weight is 632 g/mol. The number of amides is 2. The largest absolute Gasteiger partial charge is 0.496 e. The Balaban J connectivity index is 1.23. The first-order valence-corrected chi connectivity index (χ1v) is 15.7. The van der Waals surface area contributed by atoms with E-state index in [1.54, 1.807) is 36.4 Å². The van der Waals surface area contributed by atoms with Gasteiger partial charge < -0.3 is 24.8 Å². The molecule has 44 heavy (non-hydrogen) atoms. The molecule has 1 aliphatic rings. The van der Waals surface area contributed by atoms with Crippen LogP contribution in [0, 0.1) is 0 Å². The van der Waals surface area contributed by atoms with E-state index in [4.69, 9.17) is 14.2 Å². The number of hydrogen-bond acceptors (Lipinski definition) is 9. The number of ether oxygens (including phenoxy) is 3. The number of carbonyl (C=O) groups excluding carboxylic acids is 3. The summed E-state index contributed by atoms with van der Waals surface area (Å²) < 4.78 is 15.8. The van der Waals surface area contributed by atoms with Crippen molar-refractivity contribution in [2.45, 2.75) is 24.4 Å². The Bertz CT molecular complexity index is 1630. The summed E-state index contributed by atoms with van der Waals surface area (Å²) in [7, 11) is 4.34. The van der Waals surface area contributed by atoms with Crippen molar-refractivity contribution in [3.8, 4) is 11.5 Å². The van der Waals surface area contributed by atoms with E-state index in [1.165, 1.54) is 50.0 Å². The summed E-state index contributed by atoms with van der Waals surface area (Å²) in [6, 6.07) is 22.6. The molecular formula is C33H33N3O6S2. The number of nitrogens with one attached hydrogen (secondary N) is 2. The van der Waals surface area contributed by atoms with Gasteiger partial charge in [0.25, 0.3) is 5.91 Å². The van der Waals surface area contributed by atoms with Crippen molar-refractivity contribution in [2.24, 2.45) is 0 Å². The Kier molecular flexibility index (Phi) is 10.2. The molecule has 2 heterocycles. The number of thiophene rings is 1. The molecule has 0 fully saturated rings. The van der Waals surface area contributed by atoms with E-state index in [0.29, 0.717) is 40.7 Å². The summed E-state index contributed by atoms with van der Waals surface area (Å²) in [5, 5.41) is 6.35. The van der Waals surface area contributed by atoms with E-state index in [2.05, 4.69) is 27.7 Å². The zero-order chi connectivity index (χ0) is 31.1. The zero-order valence-electron chi connectivity index (χ0n) is 24.7. The normalized spacial score (nSPS) is 12.6. The predicted molar refractivity (Wildman–Crippen MR) is 173 cm³/mol. The van der Waals surface area contributed by atoms with Gasteiger partial charge in [-0.3, -0.25) is 14.5 Å². The molecule has 9 nitrogen and oxygen atoms in total. The van der Waals surface area contributed by atoms with Crippen LogP contribution in [0.2, 0.25) is 0 Å². The molecule has 0 unspecified atom stereocenters. The summed E-state index contributed by atoms with van der Waals surface area (Å²) in [6.07, 6.45) is 0.701. The second-order valence-corrected chi connectivity index (χ2v) is 12.2. The van der Waals surface area contributed by atoms with Gasteiger partial charge in [-0.2, -0.15) is 0 Å². The average Bonchev–Trinajstić information content (AvgIpc) is 3.40. The van der Waals surface area contributed by atoms with Crippen LogP contribution >= 0.6 is 23.1 Å². The molecular weight excluding hydrogens is 599 g/mol. The Morgan fingerprint density at radius 3 is 2.32 bits per heavy atom. The minimum Gasteiger partial charge on any atom is -0.496 e. The molecule has 0 aliphatic carbocycles. The standard InChI is InChI=1S/C33H33N3O6S2/c1-40-25-13-8-14-26(41-2)30(25)31(38)34-22-11-7-12-23(17-22)43-20-28(37)35-32-29(33(39)42-3)24-15-16-36(19-27(24)44-32)18-21-9-5-4-6-10-21/h4-14,17H,15-16,18-20H2,1-3H3,(H,34,38)(H,35,37). The lowest BCUT2D eigenvalue weighted by molar-refractivity contribution is -0.113. The van der Waals surface area contributed by atoms with Crippen LogP contribution in [-0.4, -0.2) is 56.3 Å². The van der Waals surface area contributed by atoms with Crippen molar-refractivity contribution < 1.29 is 28.6 Å². The van der Waals surface area contributed by atoms with E-state index >= 15 is 0 Å². The van der Waals surface area contributed by atoms with Crippen LogP contribution < -0.4 is 20.1 Å². The summed E-state index contributed by atoms with van der Waals surface area (Å²) >= 11 is 2.76. The molecule has 0 atom stereocenters. The second-order valence-electron chi connectivity index (χ2n) is 10.0. The number of thioether (sulfide) groups is 1. The minimum absolute atomic E-state index is 0.112. The van der Waals surface area contributed by atoms with Gasteiger partial charge in [-0.15, -0.1) is 23.1 Å². The molecule has 5 rings (SSSR count).